The van der Waals surface area contributed by atoms with E-state index in [-0.39, 0.29) is 12.8 Å². The van der Waals surface area contributed by atoms with Crippen LogP contribution in [0.5, 0.6) is 11.5 Å². The summed E-state index contributed by atoms with van der Waals surface area (Å²) < 4.78 is 16.7. The van der Waals surface area contributed by atoms with Crippen LogP contribution in [0.3, 0.4) is 0 Å². The van der Waals surface area contributed by atoms with Crippen LogP contribution in [-0.2, 0) is 6.42 Å². The molecule has 1 aromatic heterocycles. The zero-order valence-corrected chi connectivity index (χ0v) is 19.0. The third-order valence-corrected chi connectivity index (χ3v) is 6.26. The van der Waals surface area contributed by atoms with Crippen LogP contribution in [-0.4, -0.2) is 33.5 Å². The maximum Gasteiger partial charge on any atom is 0.258 e. The second-order valence-electron chi connectivity index (χ2n) is 7.71. The quantitative estimate of drug-likeness (QED) is 0.563. The van der Waals surface area contributed by atoms with Crippen LogP contribution < -0.4 is 14.8 Å². The molecule has 1 N–H and O–H groups in total. The van der Waals surface area contributed by atoms with E-state index in [1.165, 1.54) is 5.56 Å². The predicted molar refractivity (Wildman–Crippen MR) is 125 cm³/mol. The van der Waals surface area contributed by atoms with Gasteiger partial charge in [-0.1, -0.05) is 36.3 Å². The predicted octanol–water partition coefficient (Wildman–Crippen LogP) is 4.71. The van der Waals surface area contributed by atoms with E-state index in [9.17, 15) is 0 Å². The summed E-state index contributed by atoms with van der Waals surface area (Å²) in [6.45, 7) is 7.22. The zero-order valence-electron chi connectivity index (χ0n) is 18.2. The van der Waals surface area contributed by atoms with E-state index in [0.717, 1.165) is 41.1 Å². The number of aryl methyl sites for hydroxylation is 1. The fourth-order valence-corrected chi connectivity index (χ4v) is 4.50. The number of hydrogen-bond acceptors (Lipinski definition) is 6. The first-order valence-corrected chi connectivity index (χ1v) is 11.1. The number of benzene rings is 2. The van der Waals surface area contributed by atoms with Crippen molar-refractivity contribution in [1.82, 2.24) is 20.4 Å². The Balaban J connectivity index is 1.56. The highest BCUT2D eigenvalue weighted by atomic mass is 32.1. The van der Waals surface area contributed by atoms with E-state index in [4.69, 9.17) is 31.2 Å². The molecule has 0 radical (unpaired) electrons. The Morgan fingerprint density at radius 3 is 2.62 bits per heavy atom. The van der Waals surface area contributed by atoms with Crippen molar-refractivity contribution in [2.45, 2.75) is 33.2 Å². The Labute approximate surface area is 192 Å². The Kier molecular flexibility index (Phi) is 5.30. The highest BCUT2D eigenvalue weighted by Crippen LogP contribution is 2.39. The molecule has 3 aromatic rings. The number of allylic oxidation sites excluding steroid dienone is 1. The summed E-state index contributed by atoms with van der Waals surface area (Å²) in [6, 6.07) is 14.0. The van der Waals surface area contributed by atoms with Gasteiger partial charge in [-0.2, -0.15) is 4.98 Å². The van der Waals surface area contributed by atoms with Crippen molar-refractivity contribution in [3.05, 3.63) is 65.2 Å². The van der Waals surface area contributed by atoms with E-state index in [1.807, 2.05) is 30.0 Å². The monoisotopic (exact) mass is 448 g/mol. The molecule has 164 valence electrons. The van der Waals surface area contributed by atoms with Crippen LogP contribution in [0.1, 0.15) is 43.8 Å². The molecule has 0 fully saturated rings. The summed E-state index contributed by atoms with van der Waals surface area (Å²) in [4.78, 5) is 6.79. The first kappa shape index (κ1) is 20.5. The van der Waals surface area contributed by atoms with Crippen molar-refractivity contribution in [2.24, 2.45) is 0 Å². The molecule has 7 nitrogen and oxygen atoms in total. The summed E-state index contributed by atoms with van der Waals surface area (Å²) in [5.41, 5.74) is 5.11. The minimum atomic E-state index is -0.179. The van der Waals surface area contributed by atoms with Gasteiger partial charge in [0.15, 0.2) is 16.6 Å². The third kappa shape index (κ3) is 3.50. The maximum absolute atomic E-state index is 5.77. The van der Waals surface area contributed by atoms with Gasteiger partial charge in [-0.25, -0.2) is 0 Å². The molecule has 0 bridgehead atoms. The first-order valence-electron chi connectivity index (χ1n) is 10.7. The molecule has 8 heteroatoms. The number of ether oxygens (including phenoxy) is 2. The van der Waals surface area contributed by atoms with Crippen LogP contribution >= 0.6 is 12.2 Å². The molecule has 2 aliphatic rings. The van der Waals surface area contributed by atoms with Crippen molar-refractivity contribution in [1.29, 1.82) is 0 Å². The lowest BCUT2D eigenvalue weighted by atomic mass is 9.94. The highest BCUT2D eigenvalue weighted by molar-refractivity contribution is 7.80. The molecular formula is C24H24N4O3S. The topological polar surface area (TPSA) is 72.7 Å². The summed E-state index contributed by atoms with van der Waals surface area (Å²) in [5, 5.41) is 8.41. The van der Waals surface area contributed by atoms with Crippen LogP contribution in [0.4, 0.5) is 0 Å². The summed E-state index contributed by atoms with van der Waals surface area (Å²) >= 11 is 5.65. The van der Waals surface area contributed by atoms with Crippen molar-refractivity contribution in [3.63, 3.8) is 0 Å². The van der Waals surface area contributed by atoms with Crippen LogP contribution in [0, 0.1) is 0 Å². The van der Waals surface area contributed by atoms with Gasteiger partial charge in [0.05, 0.1) is 11.6 Å². The molecular weight excluding hydrogens is 424 g/mol. The maximum atomic E-state index is 5.77. The molecule has 0 saturated heterocycles. The van der Waals surface area contributed by atoms with Crippen LogP contribution in [0.15, 0.2) is 52.7 Å². The number of rotatable bonds is 5. The normalized spacial score (nSPS) is 17.7. The Morgan fingerprint density at radius 1 is 1.09 bits per heavy atom. The Morgan fingerprint density at radius 2 is 1.88 bits per heavy atom. The average Bonchev–Trinajstić information content (AvgIpc) is 3.48. The number of thiocarbonyl (C=S) groups is 1. The van der Waals surface area contributed by atoms with Crippen molar-refractivity contribution < 1.29 is 14.0 Å². The molecule has 5 rings (SSSR count). The molecule has 0 amide bonds. The van der Waals surface area contributed by atoms with Gasteiger partial charge in [-0.15, -0.1) is 0 Å². The Bertz CT molecular complexity index is 1200. The molecule has 0 aliphatic carbocycles. The highest BCUT2D eigenvalue weighted by Gasteiger charge is 2.33. The Hall–Kier alpha value is -3.39. The molecule has 1 atom stereocenters. The van der Waals surface area contributed by atoms with Crippen molar-refractivity contribution in [2.75, 3.05) is 13.3 Å². The first-order chi connectivity index (χ1) is 15.6. The number of fused-ring (bicyclic) bond motifs is 1. The van der Waals surface area contributed by atoms with Crippen molar-refractivity contribution >= 4 is 22.9 Å². The lowest BCUT2D eigenvalue weighted by Gasteiger charge is -2.36. The number of nitrogens with zero attached hydrogens (tertiary/aromatic N) is 3. The van der Waals surface area contributed by atoms with Gasteiger partial charge in [0.2, 0.25) is 12.6 Å². The van der Waals surface area contributed by atoms with Gasteiger partial charge in [0, 0.05) is 17.8 Å². The SMILES string of the molecule is CCc1ccc(C2NC(=S)N(CC)C(C)=C2c2nc(-c3ccc4c(c3)OCO4)no2)cc1. The van der Waals surface area contributed by atoms with Gasteiger partial charge in [0.1, 0.15) is 0 Å². The molecule has 0 spiro atoms. The van der Waals surface area contributed by atoms with E-state index in [1.54, 1.807) is 0 Å². The van der Waals surface area contributed by atoms with Gasteiger partial charge in [-0.05, 0) is 61.8 Å². The molecule has 3 heterocycles. The lowest BCUT2D eigenvalue weighted by molar-refractivity contribution is 0.174. The average molecular weight is 449 g/mol. The van der Waals surface area contributed by atoms with Crippen LogP contribution in [0.2, 0.25) is 0 Å². The largest absolute Gasteiger partial charge is 0.454 e. The fraction of sp³-hybridized carbons (Fsp3) is 0.292. The molecule has 0 saturated carbocycles. The van der Waals surface area contributed by atoms with Crippen molar-refractivity contribution in [3.8, 4) is 22.9 Å². The molecule has 1 unspecified atom stereocenters. The second kappa shape index (κ2) is 8.27. The molecule has 32 heavy (non-hydrogen) atoms. The van der Waals surface area contributed by atoms with Gasteiger partial charge >= 0.3 is 0 Å². The van der Waals surface area contributed by atoms with Crippen LogP contribution in [0.25, 0.3) is 17.0 Å². The summed E-state index contributed by atoms with van der Waals surface area (Å²) in [5.74, 6) is 2.36. The van der Waals surface area contributed by atoms with E-state index in [2.05, 4.69) is 48.6 Å². The molecule has 2 aromatic carbocycles. The zero-order chi connectivity index (χ0) is 22.2. The second-order valence-corrected chi connectivity index (χ2v) is 8.10. The number of nitrogens with one attached hydrogen (secondary N) is 1. The van der Waals surface area contributed by atoms with Gasteiger partial charge < -0.3 is 24.2 Å². The molecule has 2 aliphatic heterocycles. The third-order valence-electron chi connectivity index (χ3n) is 5.92. The minimum Gasteiger partial charge on any atom is -0.454 e. The van der Waals surface area contributed by atoms with E-state index in [0.29, 0.717) is 22.6 Å². The number of aromatic nitrogens is 2. The van der Waals surface area contributed by atoms with E-state index < -0.39 is 0 Å². The van der Waals surface area contributed by atoms with E-state index >= 15 is 0 Å². The summed E-state index contributed by atoms with van der Waals surface area (Å²) in [7, 11) is 0. The minimum absolute atomic E-state index is 0.179. The fourth-order valence-electron chi connectivity index (χ4n) is 4.12. The standard InChI is InChI=1S/C24H24N4O3S/c1-4-15-6-8-16(9-7-15)21-20(14(3)28(5-2)24(32)25-21)23-26-22(27-31-23)17-10-11-18-19(12-17)30-13-29-18/h6-12,21H,4-5,13H2,1-3H3,(H,25,32). The summed E-state index contributed by atoms with van der Waals surface area (Å²) in [6.07, 6.45) is 0.991. The smallest absolute Gasteiger partial charge is 0.258 e. The van der Waals surface area contributed by atoms with Gasteiger partial charge in [-0.3, -0.25) is 0 Å². The van der Waals surface area contributed by atoms with Gasteiger partial charge in [0.25, 0.3) is 5.89 Å². The number of hydrogen-bond donors (Lipinski definition) is 1. The lowest BCUT2D eigenvalue weighted by Crippen LogP contribution is -2.45.